The molecule has 0 radical (unpaired) electrons. The van der Waals surface area contributed by atoms with E-state index >= 15 is 0 Å². The van der Waals surface area contributed by atoms with Crippen LogP contribution in [0, 0.1) is 17.0 Å². The van der Waals surface area contributed by atoms with Crippen molar-refractivity contribution in [1.29, 1.82) is 0 Å². The van der Waals surface area contributed by atoms with Crippen molar-refractivity contribution in [3.8, 4) is 11.6 Å². The average molecular weight is 338 g/mol. The summed E-state index contributed by atoms with van der Waals surface area (Å²) in [6.45, 7) is 1.89. The van der Waals surface area contributed by atoms with Gasteiger partial charge in [0.25, 0.3) is 5.69 Å². The lowest BCUT2D eigenvalue weighted by atomic mass is 10.2. The molecule has 2 aromatic rings. The second-order valence-corrected chi connectivity index (χ2v) is 4.98. The molecule has 6 nitrogen and oxygen atoms in total. The van der Waals surface area contributed by atoms with Crippen LogP contribution in [0.3, 0.4) is 0 Å². The first-order chi connectivity index (χ1) is 9.49. The summed E-state index contributed by atoms with van der Waals surface area (Å²) >= 11 is 3.36. The molecule has 0 aliphatic heterocycles. The number of aromatic nitrogens is 1. The molecule has 7 heteroatoms. The van der Waals surface area contributed by atoms with Crippen molar-refractivity contribution in [2.45, 2.75) is 6.92 Å². The lowest BCUT2D eigenvalue weighted by Crippen LogP contribution is -1.98. The molecule has 1 aromatic heterocycles. The molecular weight excluding hydrogens is 326 g/mol. The van der Waals surface area contributed by atoms with Gasteiger partial charge >= 0.3 is 0 Å². The van der Waals surface area contributed by atoms with Crippen LogP contribution in [0.1, 0.15) is 5.56 Å². The maximum absolute atomic E-state index is 10.9. The maximum Gasteiger partial charge on any atom is 0.278 e. The molecule has 20 heavy (non-hydrogen) atoms. The third-order valence-electron chi connectivity index (χ3n) is 2.61. The van der Waals surface area contributed by atoms with E-state index in [2.05, 4.69) is 26.2 Å². The SMILES string of the molecule is CNc1cc([N+](=O)[O-])cc(Oc2ccc(Br)cc2C)n1. The zero-order valence-electron chi connectivity index (χ0n) is 10.9. The van der Waals surface area contributed by atoms with Crippen LogP contribution in [-0.2, 0) is 0 Å². The van der Waals surface area contributed by atoms with Gasteiger partial charge in [-0.05, 0) is 30.7 Å². The number of aryl methyl sites for hydroxylation is 1. The summed E-state index contributed by atoms with van der Waals surface area (Å²) in [6.07, 6.45) is 0. The van der Waals surface area contributed by atoms with Gasteiger partial charge in [-0.15, -0.1) is 0 Å². The summed E-state index contributed by atoms with van der Waals surface area (Å²) in [6, 6.07) is 8.15. The number of pyridine rings is 1. The first-order valence-electron chi connectivity index (χ1n) is 5.78. The molecule has 0 fully saturated rings. The van der Waals surface area contributed by atoms with Crippen molar-refractivity contribution in [2.75, 3.05) is 12.4 Å². The van der Waals surface area contributed by atoms with Crippen molar-refractivity contribution in [3.05, 3.63) is 50.5 Å². The second-order valence-electron chi connectivity index (χ2n) is 4.07. The van der Waals surface area contributed by atoms with E-state index in [0.717, 1.165) is 10.0 Å². The molecule has 1 heterocycles. The lowest BCUT2D eigenvalue weighted by Gasteiger charge is -2.09. The number of halogens is 1. The highest BCUT2D eigenvalue weighted by Gasteiger charge is 2.13. The first kappa shape index (κ1) is 14.3. The zero-order valence-corrected chi connectivity index (χ0v) is 12.5. The average Bonchev–Trinajstić information content (AvgIpc) is 2.41. The van der Waals surface area contributed by atoms with Gasteiger partial charge in [-0.25, -0.2) is 0 Å². The Morgan fingerprint density at radius 1 is 1.35 bits per heavy atom. The predicted octanol–water partition coefficient (Wildman–Crippen LogP) is 3.89. The summed E-state index contributed by atoms with van der Waals surface area (Å²) in [5, 5.41) is 13.6. The van der Waals surface area contributed by atoms with Crippen LogP contribution < -0.4 is 10.1 Å². The van der Waals surface area contributed by atoms with Crippen LogP contribution in [0.4, 0.5) is 11.5 Å². The van der Waals surface area contributed by atoms with Gasteiger partial charge in [0, 0.05) is 11.5 Å². The Morgan fingerprint density at radius 3 is 2.70 bits per heavy atom. The minimum atomic E-state index is -0.482. The van der Waals surface area contributed by atoms with E-state index in [4.69, 9.17) is 4.74 Å². The summed E-state index contributed by atoms with van der Waals surface area (Å²) in [5.74, 6) is 1.15. The molecule has 0 amide bonds. The highest BCUT2D eigenvalue weighted by atomic mass is 79.9. The van der Waals surface area contributed by atoms with Crippen LogP contribution >= 0.6 is 15.9 Å². The molecule has 0 unspecified atom stereocenters. The summed E-state index contributed by atoms with van der Waals surface area (Å²) in [7, 11) is 1.64. The molecule has 0 saturated heterocycles. The number of hydrogen-bond acceptors (Lipinski definition) is 5. The van der Waals surface area contributed by atoms with Gasteiger partial charge in [-0.1, -0.05) is 15.9 Å². The molecule has 2 rings (SSSR count). The molecule has 104 valence electrons. The van der Waals surface area contributed by atoms with Crippen molar-refractivity contribution < 1.29 is 9.66 Å². The predicted molar refractivity (Wildman–Crippen MR) is 79.4 cm³/mol. The third-order valence-corrected chi connectivity index (χ3v) is 3.10. The Balaban J connectivity index is 2.37. The van der Waals surface area contributed by atoms with E-state index < -0.39 is 4.92 Å². The maximum atomic E-state index is 10.9. The fraction of sp³-hybridized carbons (Fsp3) is 0.154. The van der Waals surface area contributed by atoms with E-state index in [-0.39, 0.29) is 11.6 Å². The van der Waals surface area contributed by atoms with E-state index in [1.54, 1.807) is 13.1 Å². The van der Waals surface area contributed by atoms with E-state index in [1.165, 1.54) is 12.1 Å². The normalized spacial score (nSPS) is 10.2. The van der Waals surface area contributed by atoms with Crippen molar-refractivity contribution >= 4 is 27.4 Å². The zero-order chi connectivity index (χ0) is 14.7. The summed E-state index contributed by atoms with van der Waals surface area (Å²) in [5.41, 5.74) is 0.827. The van der Waals surface area contributed by atoms with Gasteiger partial charge in [-0.3, -0.25) is 10.1 Å². The highest BCUT2D eigenvalue weighted by molar-refractivity contribution is 9.10. The molecule has 0 aliphatic rings. The second kappa shape index (κ2) is 5.87. The Kier molecular flexibility index (Phi) is 4.19. The largest absolute Gasteiger partial charge is 0.438 e. The Bertz CT molecular complexity index is 661. The number of hydrogen-bond donors (Lipinski definition) is 1. The molecule has 0 saturated carbocycles. The van der Waals surface area contributed by atoms with Crippen LogP contribution in [0.2, 0.25) is 0 Å². The van der Waals surface area contributed by atoms with Crippen LogP contribution in [-0.4, -0.2) is 17.0 Å². The number of nitrogens with one attached hydrogen (secondary N) is 1. The minimum Gasteiger partial charge on any atom is -0.438 e. The molecule has 0 bridgehead atoms. The van der Waals surface area contributed by atoms with Crippen LogP contribution in [0.5, 0.6) is 11.6 Å². The molecule has 0 atom stereocenters. The fourth-order valence-corrected chi connectivity index (χ4v) is 2.09. The minimum absolute atomic E-state index is 0.0749. The summed E-state index contributed by atoms with van der Waals surface area (Å²) in [4.78, 5) is 14.5. The van der Waals surface area contributed by atoms with E-state index in [0.29, 0.717) is 11.6 Å². The third kappa shape index (κ3) is 3.24. The van der Waals surface area contributed by atoms with Gasteiger partial charge in [0.15, 0.2) is 0 Å². The number of ether oxygens (including phenoxy) is 1. The quantitative estimate of drug-likeness (QED) is 0.676. The molecule has 0 spiro atoms. The van der Waals surface area contributed by atoms with Gasteiger partial charge in [0.05, 0.1) is 17.1 Å². The van der Waals surface area contributed by atoms with E-state index in [9.17, 15) is 10.1 Å². The number of nitrogens with zero attached hydrogens (tertiary/aromatic N) is 2. The molecule has 1 aromatic carbocycles. The first-order valence-corrected chi connectivity index (χ1v) is 6.57. The van der Waals surface area contributed by atoms with Gasteiger partial charge in [0.1, 0.15) is 11.6 Å². The van der Waals surface area contributed by atoms with Gasteiger partial charge in [0.2, 0.25) is 5.88 Å². The van der Waals surface area contributed by atoms with Crippen molar-refractivity contribution in [3.63, 3.8) is 0 Å². The number of benzene rings is 1. The number of rotatable bonds is 4. The topological polar surface area (TPSA) is 77.3 Å². The standard InChI is InChI=1S/C13H12BrN3O3/c1-8-5-9(14)3-4-11(8)20-13-7-10(17(18)19)6-12(15-2)16-13/h3-7H,1-2H3,(H,15,16). The lowest BCUT2D eigenvalue weighted by molar-refractivity contribution is -0.384. The molecular formula is C13H12BrN3O3. The molecule has 1 N–H and O–H groups in total. The molecule has 0 aliphatic carbocycles. The van der Waals surface area contributed by atoms with Gasteiger partial charge in [-0.2, -0.15) is 4.98 Å². The summed E-state index contributed by atoms with van der Waals surface area (Å²) < 4.78 is 6.56. The Hall–Kier alpha value is -2.15. The van der Waals surface area contributed by atoms with Crippen molar-refractivity contribution in [1.82, 2.24) is 4.98 Å². The monoisotopic (exact) mass is 337 g/mol. The fourth-order valence-electron chi connectivity index (χ4n) is 1.62. The highest BCUT2D eigenvalue weighted by Crippen LogP contribution is 2.29. The van der Waals surface area contributed by atoms with Crippen LogP contribution in [0.25, 0.3) is 0 Å². The van der Waals surface area contributed by atoms with Gasteiger partial charge < -0.3 is 10.1 Å². The number of nitro groups is 1. The van der Waals surface area contributed by atoms with Crippen LogP contribution in [0.15, 0.2) is 34.8 Å². The van der Waals surface area contributed by atoms with E-state index in [1.807, 2.05) is 19.1 Å². The number of anilines is 1. The Morgan fingerprint density at radius 2 is 2.10 bits per heavy atom. The Labute approximate surface area is 124 Å². The smallest absolute Gasteiger partial charge is 0.278 e. The van der Waals surface area contributed by atoms with Crippen molar-refractivity contribution in [2.24, 2.45) is 0 Å².